The highest BCUT2D eigenvalue weighted by atomic mass is 35.5. The van der Waals surface area contributed by atoms with Gasteiger partial charge < -0.3 is 10.0 Å². The summed E-state index contributed by atoms with van der Waals surface area (Å²) in [5.41, 5.74) is 1.91. The normalized spacial score (nSPS) is 16.2. The van der Waals surface area contributed by atoms with Gasteiger partial charge in [-0.2, -0.15) is 11.8 Å². The molecule has 3 nitrogen and oxygen atoms in total. The van der Waals surface area contributed by atoms with Gasteiger partial charge in [0, 0.05) is 41.4 Å². The monoisotopic (exact) mass is 283 g/mol. The highest BCUT2D eigenvalue weighted by Gasteiger charge is 2.13. The van der Waals surface area contributed by atoms with E-state index >= 15 is 0 Å². The number of rotatable bonds is 3. The van der Waals surface area contributed by atoms with Crippen molar-refractivity contribution in [1.29, 1.82) is 0 Å². The van der Waals surface area contributed by atoms with Gasteiger partial charge in [0.15, 0.2) is 0 Å². The lowest BCUT2D eigenvalue weighted by Crippen LogP contribution is -2.32. The van der Waals surface area contributed by atoms with Crippen LogP contribution in [0.25, 0.3) is 6.08 Å². The molecule has 0 saturated carbocycles. The Hall–Kier alpha value is -1.13. The lowest BCUT2D eigenvalue weighted by molar-refractivity contribution is -0.131. The minimum absolute atomic E-state index is 0.621. The van der Waals surface area contributed by atoms with E-state index in [0.717, 1.165) is 41.9 Å². The number of carboxylic acids is 1. The number of hydrogen-bond donors (Lipinski definition) is 1. The van der Waals surface area contributed by atoms with E-state index in [-0.39, 0.29) is 0 Å². The third kappa shape index (κ3) is 3.43. The van der Waals surface area contributed by atoms with E-state index in [4.69, 9.17) is 16.7 Å². The summed E-state index contributed by atoms with van der Waals surface area (Å²) in [5.74, 6) is 1.25. The number of hydrogen-bond acceptors (Lipinski definition) is 3. The number of carboxylic acid groups (broad SMARTS) is 1. The quantitative estimate of drug-likeness (QED) is 0.866. The average molecular weight is 284 g/mol. The third-order valence-electron chi connectivity index (χ3n) is 2.75. The van der Waals surface area contributed by atoms with Crippen molar-refractivity contribution < 1.29 is 9.90 Å². The Morgan fingerprint density at radius 2 is 2.11 bits per heavy atom. The molecule has 1 aliphatic rings. The zero-order chi connectivity index (χ0) is 13.0. The topological polar surface area (TPSA) is 40.5 Å². The van der Waals surface area contributed by atoms with Gasteiger partial charge in [0.05, 0.1) is 0 Å². The number of anilines is 1. The molecule has 0 atom stereocenters. The molecule has 0 spiro atoms. The van der Waals surface area contributed by atoms with Crippen LogP contribution in [0.4, 0.5) is 5.69 Å². The van der Waals surface area contributed by atoms with Crippen molar-refractivity contribution in [2.45, 2.75) is 0 Å². The van der Waals surface area contributed by atoms with Crippen molar-refractivity contribution in [2.24, 2.45) is 0 Å². The Kier molecular flexibility index (Phi) is 4.55. The second kappa shape index (κ2) is 6.16. The van der Waals surface area contributed by atoms with Gasteiger partial charge in [-0.25, -0.2) is 4.79 Å². The molecule has 1 fully saturated rings. The van der Waals surface area contributed by atoms with Gasteiger partial charge in [0.2, 0.25) is 0 Å². The molecule has 1 aromatic rings. The molecule has 0 radical (unpaired) electrons. The van der Waals surface area contributed by atoms with E-state index in [1.807, 2.05) is 23.9 Å². The fourth-order valence-corrected chi connectivity index (χ4v) is 3.00. The van der Waals surface area contributed by atoms with Gasteiger partial charge in [-0.3, -0.25) is 0 Å². The molecule has 1 saturated heterocycles. The van der Waals surface area contributed by atoms with Crippen LogP contribution in [0.1, 0.15) is 5.56 Å². The molecule has 0 aromatic heterocycles. The molecular formula is C13H14ClNO2S. The fraction of sp³-hybridized carbons (Fsp3) is 0.308. The van der Waals surface area contributed by atoms with Crippen LogP contribution in [0, 0.1) is 0 Å². The Balaban J connectivity index is 2.30. The van der Waals surface area contributed by atoms with Crippen molar-refractivity contribution >= 4 is 41.1 Å². The molecule has 5 heteroatoms. The largest absolute Gasteiger partial charge is 0.478 e. The summed E-state index contributed by atoms with van der Waals surface area (Å²) < 4.78 is 0. The summed E-state index contributed by atoms with van der Waals surface area (Å²) in [5, 5.41) is 9.33. The van der Waals surface area contributed by atoms with Gasteiger partial charge in [0.1, 0.15) is 0 Å². The summed E-state index contributed by atoms with van der Waals surface area (Å²) in [4.78, 5) is 12.9. The highest BCUT2D eigenvalue weighted by Crippen LogP contribution is 2.27. The first kappa shape index (κ1) is 13.3. The second-order valence-corrected chi connectivity index (χ2v) is 5.64. The number of aliphatic carboxylic acids is 1. The fourth-order valence-electron chi connectivity index (χ4n) is 1.91. The lowest BCUT2D eigenvalue weighted by atomic mass is 10.1. The maximum absolute atomic E-state index is 10.6. The number of halogens is 1. The Bertz CT molecular complexity index is 470. The molecule has 2 rings (SSSR count). The van der Waals surface area contributed by atoms with Crippen molar-refractivity contribution in [2.75, 3.05) is 29.5 Å². The SMILES string of the molecule is O=C(O)/C=C/c1cc(Cl)ccc1N1CCSCC1. The first-order valence-electron chi connectivity index (χ1n) is 5.70. The maximum Gasteiger partial charge on any atom is 0.328 e. The van der Waals surface area contributed by atoms with E-state index in [0.29, 0.717) is 5.02 Å². The highest BCUT2D eigenvalue weighted by molar-refractivity contribution is 7.99. The predicted molar refractivity (Wildman–Crippen MR) is 77.7 cm³/mol. The lowest BCUT2D eigenvalue weighted by Gasteiger charge is -2.30. The number of benzene rings is 1. The van der Waals surface area contributed by atoms with E-state index < -0.39 is 5.97 Å². The Labute approximate surface area is 115 Å². The number of thioether (sulfide) groups is 1. The summed E-state index contributed by atoms with van der Waals surface area (Å²) in [6.07, 6.45) is 2.75. The van der Waals surface area contributed by atoms with Crippen LogP contribution in [-0.4, -0.2) is 35.7 Å². The Morgan fingerprint density at radius 1 is 1.39 bits per heavy atom. The van der Waals surface area contributed by atoms with Crippen LogP contribution < -0.4 is 4.90 Å². The average Bonchev–Trinajstić information content (AvgIpc) is 2.37. The van der Waals surface area contributed by atoms with Crippen molar-refractivity contribution in [1.82, 2.24) is 0 Å². The maximum atomic E-state index is 10.6. The molecule has 1 heterocycles. The van der Waals surface area contributed by atoms with Crippen LogP contribution in [0.15, 0.2) is 24.3 Å². The smallest absolute Gasteiger partial charge is 0.328 e. The number of carbonyl (C=O) groups is 1. The molecule has 0 aliphatic carbocycles. The van der Waals surface area contributed by atoms with Gasteiger partial charge in [-0.1, -0.05) is 11.6 Å². The molecule has 1 N–H and O–H groups in total. The minimum Gasteiger partial charge on any atom is -0.478 e. The molecular weight excluding hydrogens is 270 g/mol. The van der Waals surface area contributed by atoms with E-state index in [1.54, 1.807) is 12.1 Å². The van der Waals surface area contributed by atoms with Crippen molar-refractivity contribution in [3.8, 4) is 0 Å². The van der Waals surface area contributed by atoms with Crippen LogP contribution in [0.2, 0.25) is 5.02 Å². The summed E-state index contributed by atoms with van der Waals surface area (Å²) in [6, 6.07) is 5.61. The van der Waals surface area contributed by atoms with Gasteiger partial charge in [-0.05, 0) is 29.8 Å². The third-order valence-corrected chi connectivity index (χ3v) is 3.92. The minimum atomic E-state index is -0.949. The van der Waals surface area contributed by atoms with Crippen LogP contribution in [-0.2, 0) is 4.79 Å². The summed E-state index contributed by atoms with van der Waals surface area (Å²) in [7, 11) is 0. The van der Waals surface area contributed by atoms with Gasteiger partial charge >= 0.3 is 5.97 Å². The summed E-state index contributed by atoms with van der Waals surface area (Å²) in [6.45, 7) is 1.97. The predicted octanol–water partition coefficient (Wildman–Crippen LogP) is 2.99. The number of nitrogens with zero attached hydrogens (tertiary/aromatic N) is 1. The molecule has 0 unspecified atom stereocenters. The second-order valence-electron chi connectivity index (χ2n) is 3.97. The zero-order valence-corrected chi connectivity index (χ0v) is 11.4. The van der Waals surface area contributed by atoms with Crippen LogP contribution in [0.5, 0.6) is 0 Å². The van der Waals surface area contributed by atoms with E-state index in [9.17, 15) is 4.79 Å². The van der Waals surface area contributed by atoms with Gasteiger partial charge in [-0.15, -0.1) is 0 Å². The van der Waals surface area contributed by atoms with Crippen molar-refractivity contribution in [3.63, 3.8) is 0 Å². The van der Waals surface area contributed by atoms with Gasteiger partial charge in [0.25, 0.3) is 0 Å². The molecule has 0 amide bonds. The van der Waals surface area contributed by atoms with Crippen LogP contribution >= 0.6 is 23.4 Å². The van der Waals surface area contributed by atoms with E-state index in [2.05, 4.69) is 4.90 Å². The zero-order valence-electron chi connectivity index (χ0n) is 9.80. The van der Waals surface area contributed by atoms with Crippen LogP contribution in [0.3, 0.4) is 0 Å². The molecule has 1 aromatic carbocycles. The first-order valence-corrected chi connectivity index (χ1v) is 7.23. The molecule has 96 valence electrons. The molecule has 0 bridgehead atoms. The molecule has 18 heavy (non-hydrogen) atoms. The summed E-state index contributed by atoms with van der Waals surface area (Å²) >= 11 is 7.91. The molecule has 1 aliphatic heterocycles. The standard InChI is InChI=1S/C13H14ClNO2S/c14-11-2-3-12(15-5-7-18-8-6-15)10(9-11)1-4-13(16)17/h1-4,9H,5-8H2,(H,16,17)/b4-1+. The Morgan fingerprint density at radius 3 is 2.78 bits per heavy atom. The van der Waals surface area contributed by atoms with Crippen molar-refractivity contribution in [3.05, 3.63) is 34.9 Å². The van der Waals surface area contributed by atoms with E-state index in [1.165, 1.54) is 0 Å². The first-order chi connectivity index (χ1) is 8.66.